The van der Waals surface area contributed by atoms with Crippen LogP contribution in [0.25, 0.3) is 0 Å². The van der Waals surface area contributed by atoms with Crippen molar-refractivity contribution >= 4 is 43.5 Å². The topological polar surface area (TPSA) is 41.5 Å². The van der Waals surface area contributed by atoms with Crippen molar-refractivity contribution in [2.75, 3.05) is 0 Å². The molecule has 0 saturated heterocycles. The molecule has 0 fully saturated rings. The van der Waals surface area contributed by atoms with E-state index in [0.29, 0.717) is 12.8 Å². The number of rotatable bonds is 3. The number of nitrogens with one attached hydrogen (secondary N) is 1. The van der Waals surface area contributed by atoms with Crippen LogP contribution in [0.1, 0.15) is 37.3 Å². The molecule has 5 heteroatoms. The van der Waals surface area contributed by atoms with E-state index in [1.165, 1.54) is 5.56 Å². The molecule has 1 N–H and O–H groups in total. The van der Waals surface area contributed by atoms with Crippen LogP contribution >= 0.6 is 31.9 Å². The van der Waals surface area contributed by atoms with Crippen LogP contribution < -0.4 is 5.43 Å². The number of benzene rings is 1. The quantitative estimate of drug-likeness (QED) is 0.860. The zero-order valence-electron chi connectivity index (χ0n) is 10.1. The first-order valence-electron chi connectivity index (χ1n) is 5.95. The fourth-order valence-corrected chi connectivity index (χ4v) is 3.52. The molecule has 0 atom stereocenters. The lowest BCUT2D eigenvalue weighted by Gasteiger charge is -2.14. The Morgan fingerprint density at radius 3 is 2.44 bits per heavy atom. The number of nitrogens with zero attached hydrogens (tertiary/aromatic N) is 1. The van der Waals surface area contributed by atoms with Gasteiger partial charge in [-0.2, -0.15) is 5.10 Å². The maximum Gasteiger partial charge on any atom is 0.240 e. The Balaban J connectivity index is 2.33. The molecule has 1 aliphatic rings. The Morgan fingerprint density at radius 1 is 1.28 bits per heavy atom. The van der Waals surface area contributed by atoms with E-state index in [0.717, 1.165) is 33.1 Å². The van der Waals surface area contributed by atoms with Crippen LogP contribution in [0, 0.1) is 0 Å². The number of amides is 1. The van der Waals surface area contributed by atoms with Crippen molar-refractivity contribution in [3.8, 4) is 0 Å². The van der Waals surface area contributed by atoms with E-state index in [9.17, 15) is 4.79 Å². The number of hydrazone groups is 1. The molecule has 0 bridgehead atoms. The van der Waals surface area contributed by atoms with E-state index in [-0.39, 0.29) is 5.91 Å². The zero-order chi connectivity index (χ0) is 13.1. The van der Waals surface area contributed by atoms with E-state index < -0.39 is 0 Å². The van der Waals surface area contributed by atoms with E-state index in [2.05, 4.69) is 61.4 Å². The molecule has 3 nitrogen and oxygen atoms in total. The lowest BCUT2D eigenvalue weighted by Crippen LogP contribution is -2.25. The summed E-state index contributed by atoms with van der Waals surface area (Å²) in [4.78, 5) is 11.1. The maximum atomic E-state index is 11.1. The fraction of sp³-hybridized carbons (Fsp3) is 0.385. The van der Waals surface area contributed by atoms with Gasteiger partial charge in [0.05, 0.1) is 5.71 Å². The number of carbonyl (C=O) groups is 1. The van der Waals surface area contributed by atoms with Crippen LogP contribution in [0.15, 0.2) is 26.2 Å². The molecule has 0 radical (unpaired) electrons. The summed E-state index contributed by atoms with van der Waals surface area (Å²) >= 11 is 7.21. The number of hydrogen-bond donors (Lipinski definition) is 1. The molecular weight excluding hydrogens is 360 g/mol. The van der Waals surface area contributed by atoms with E-state index in [1.807, 2.05) is 0 Å². The Labute approximate surface area is 123 Å². The summed E-state index contributed by atoms with van der Waals surface area (Å²) in [6.07, 6.45) is 3.33. The van der Waals surface area contributed by atoms with Gasteiger partial charge in [0, 0.05) is 21.8 Å². The van der Waals surface area contributed by atoms with Gasteiger partial charge in [0.1, 0.15) is 0 Å². The minimum Gasteiger partial charge on any atom is -0.273 e. The average Bonchev–Trinajstić information content (AvgIpc) is 2.34. The van der Waals surface area contributed by atoms with Crippen molar-refractivity contribution < 1.29 is 4.79 Å². The monoisotopic (exact) mass is 372 g/mol. The van der Waals surface area contributed by atoms with Crippen LogP contribution in [-0.2, 0) is 11.2 Å². The maximum absolute atomic E-state index is 11.1. The smallest absolute Gasteiger partial charge is 0.240 e. The predicted octanol–water partition coefficient (Wildman–Crippen LogP) is 3.78. The van der Waals surface area contributed by atoms with Gasteiger partial charge in [-0.15, -0.1) is 0 Å². The molecule has 1 aliphatic heterocycles. The normalized spacial score (nSPS) is 15.3. The minimum atomic E-state index is -0.0144. The molecule has 96 valence electrons. The molecule has 18 heavy (non-hydrogen) atoms. The lowest BCUT2D eigenvalue weighted by molar-refractivity contribution is -0.121. The molecule has 2 rings (SSSR count). The standard InChI is InChI=1S/C13H14Br2N2O/c1-2-3-9-10(14)6-8(7-11(9)15)12-4-5-13(18)17-16-12/h6-7H,2-5H2,1H3,(H,17,18). The summed E-state index contributed by atoms with van der Waals surface area (Å²) in [5, 5.41) is 4.11. The van der Waals surface area contributed by atoms with Crippen LogP contribution in [0.4, 0.5) is 0 Å². The highest BCUT2D eigenvalue weighted by molar-refractivity contribution is 9.11. The molecule has 1 amide bonds. The van der Waals surface area contributed by atoms with E-state index >= 15 is 0 Å². The van der Waals surface area contributed by atoms with Crippen molar-refractivity contribution in [2.24, 2.45) is 5.10 Å². The Morgan fingerprint density at radius 2 is 1.94 bits per heavy atom. The van der Waals surface area contributed by atoms with Gasteiger partial charge in [-0.3, -0.25) is 4.79 Å². The van der Waals surface area contributed by atoms with Gasteiger partial charge >= 0.3 is 0 Å². The van der Waals surface area contributed by atoms with Gasteiger partial charge in [0.2, 0.25) is 5.91 Å². The second-order valence-corrected chi connectivity index (χ2v) is 5.97. The van der Waals surface area contributed by atoms with Gasteiger partial charge in [-0.05, 0) is 29.7 Å². The molecule has 1 aromatic rings. The first-order chi connectivity index (χ1) is 8.61. The molecule has 1 aromatic carbocycles. The summed E-state index contributed by atoms with van der Waals surface area (Å²) < 4.78 is 2.18. The van der Waals surface area contributed by atoms with Crippen molar-refractivity contribution in [3.63, 3.8) is 0 Å². The van der Waals surface area contributed by atoms with Gasteiger partial charge in [0.15, 0.2) is 0 Å². The summed E-state index contributed by atoms with van der Waals surface area (Å²) in [6.45, 7) is 2.16. The van der Waals surface area contributed by atoms with Gasteiger partial charge in [-0.1, -0.05) is 45.2 Å². The highest BCUT2D eigenvalue weighted by Gasteiger charge is 2.15. The van der Waals surface area contributed by atoms with Crippen LogP contribution in [0.3, 0.4) is 0 Å². The fourth-order valence-electron chi connectivity index (χ4n) is 1.94. The van der Waals surface area contributed by atoms with E-state index in [4.69, 9.17) is 0 Å². The number of carbonyl (C=O) groups excluding carboxylic acids is 1. The predicted molar refractivity (Wildman–Crippen MR) is 79.8 cm³/mol. The third-order valence-electron chi connectivity index (χ3n) is 2.88. The lowest BCUT2D eigenvalue weighted by atomic mass is 10.0. The molecular formula is C13H14Br2N2O. The van der Waals surface area contributed by atoms with Gasteiger partial charge in [0.25, 0.3) is 0 Å². The van der Waals surface area contributed by atoms with Gasteiger partial charge < -0.3 is 0 Å². The molecule has 0 spiro atoms. The Kier molecular flexibility index (Phi) is 4.56. The highest BCUT2D eigenvalue weighted by atomic mass is 79.9. The number of halogens is 2. The summed E-state index contributed by atoms with van der Waals surface area (Å²) in [5.74, 6) is -0.0144. The van der Waals surface area contributed by atoms with Crippen LogP contribution in [-0.4, -0.2) is 11.6 Å². The van der Waals surface area contributed by atoms with Crippen molar-refractivity contribution in [3.05, 3.63) is 32.2 Å². The first-order valence-corrected chi connectivity index (χ1v) is 7.54. The summed E-state index contributed by atoms with van der Waals surface area (Å²) in [5.41, 5.74) is 5.79. The van der Waals surface area contributed by atoms with Crippen molar-refractivity contribution in [1.82, 2.24) is 5.43 Å². The minimum absolute atomic E-state index is 0.0144. The third kappa shape index (κ3) is 3.01. The molecule has 0 aromatic heterocycles. The first kappa shape index (κ1) is 13.7. The largest absolute Gasteiger partial charge is 0.273 e. The summed E-state index contributed by atoms with van der Waals surface area (Å²) in [7, 11) is 0. The molecule has 0 unspecified atom stereocenters. The third-order valence-corrected chi connectivity index (χ3v) is 4.29. The highest BCUT2D eigenvalue weighted by Crippen LogP contribution is 2.29. The average molecular weight is 374 g/mol. The Bertz CT molecular complexity index is 489. The van der Waals surface area contributed by atoms with E-state index in [1.54, 1.807) is 0 Å². The molecule has 0 aliphatic carbocycles. The SMILES string of the molecule is CCCc1c(Br)cc(C2=NNC(=O)CC2)cc1Br. The molecule has 0 saturated carbocycles. The summed E-state index contributed by atoms with van der Waals surface area (Å²) in [6, 6.07) is 4.15. The van der Waals surface area contributed by atoms with Crippen LogP contribution in [0.5, 0.6) is 0 Å². The van der Waals surface area contributed by atoms with Crippen LogP contribution in [0.2, 0.25) is 0 Å². The second-order valence-electron chi connectivity index (χ2n) is 4.26. The number of hydrogen-bond acceptors (Lipinski definition) is 2. The van der Waals surface area contributed by atoms with Crippen molar-refractivity contribution in [1.29, 1.82) is 0 Å². The Hall–Kier alpha value is -0.680. The second kappa shape index (κ2) is 5.97. The molecule has 1 heterocycles. The van der Waals surface area contributed by atoms with Crippen molar-refractivity contribution in [2.45, 2.75) is 32.6 Å². The van der Waals surface area contributed by atoms with Gasteiger partial charge in [-0.25, -0.2) is 5.43 Å². The zero-order valence-corrected chi connectivity index (χ0v) is 13.3.